The van der Waals surface area contributed by atoms with E-state index in [0.29, 0.717) is 22.4 Å². The molecule has 0 aliphatic rings. The van der Waals surface area contributed by atoms with Crippen LogP contribution >= 0.6 is 23.2 Å². The summed E-state index contributed by atoms with van der Waals surface area (Å²) in [5.41, 5.74) is 1.11. The molecule has 0 unspecified atom stereocenters. The normalized spacial score (nSPS) is 10.7. The van der Waals surface area contributed by atoms with Crippen molar-refractivity contribution in [3.05, 3.63) is 52.5 Å². The fourth-order valence-corrected chi connectivity index (χ4v) is 3.26. The fraction of sp³-hybridized carbons (Fsp3) is 0.478. The van der Waals surface area contributed by atoms with Crippen molar-refractivity contribution in [2.24, 2.45) is 0 Å². The summed E-state index contributed by atoms with van der Waals surface area (Å²) >= 11 is 12.0. The largest absolute Gasteiger partial charge is 0.494 e. The molecule has 154 valence electrons. The van der Waals surface area contributed by atoms with E-state index in [-0.39, 0.29) is 0 Å². The highest BCUT2D eigenvalue weighted by molar-refractivity contribution is 6.35. The number of ether oxygens (including phenoxy) is 2. The molecule has 0 radical (unpaired) electrons. The highest BCUT2D eigenvalue weighted by Gasteiger charge is 2.02. The van der Waals surface area contributed by atoms with Gasteiger partial charge in [-0.05, 0) is 61.7 Å². The first kappa shape index (κ1) is 22.7. The van der Waals surface area contributed by atoms with Crippen LogP contribution in [-0.4, -0.2) is 19.8 Å². The van der Waals surface area contributed by atoms with Gasteiger partial charge in [0.05, 0.1) is 18.2 Å². The summed E-state index contributed by atoms with van der Waals surface area (Å²) in [7, 11) is 0. The Labute approximate surface area is 179 Å². The van der Waals surface area contributed by atoms with E-state index in [1.165, 1.54) is 25.7 Å². The molecule has 0 bridgehead atoms. The van der Waals surface area contributed by atoms with E-state index in [2.05, 4.69) is 24.4 Å². The van der Waals surface area contributed by atoms with Gasteiger partial charge in [-0.15, -0.1) is 0 Å². The molecule has 0 saturated heterocycles. The van der Waals surface area contributed by atoms with Crippen LogP contribution in [0.3, 0.4) is 0 Å². The Morgan fingerprint density at radius 3 is 2.25 bits per heavy atom. The minimum absolute atomic E-state index is 0.550. The molecule has 0 aromatic heterocycles. The van der Waals surface area contributed by atoms with Gasteiger partial charge in [-0.2, -0.15) is 0 Å². The third-order valence-electron chi connectivity index (χ3n) is 4.42. The highest BCUT2D eigenvalue weighted by Crippen LogP contribution is 2.27. The molecule has 0 heterocycles. The molecule has 5 heteroatoms. The van der Waals surface area contributed by atoms with E-state index in [9.17, 15) is 0 Å². The first-order valence-electron chi connectivity index (χ1n) is 10.2. The van der Waals surface area contributed by atoms with Crippen LogP contribution in [0.1, 0.15) is 51.9 Å². The SMILES string of the molecule is CCCCCCCOc1ccc(NCCCCOc2ccc(Cl)cc2Cl)cc1. The predicted octanol–water partition coefficient (Wildman–Crippen LogP) is 7.61. The summed E-state index contributed by atoms with van der Waals surface area (Å²) in [5, 5.41) is 4.59. The van der Waals surface area contributed by atoms with E-state index in [1.54, 1.807) is 18.2 Å². The molecule has 2 rings (SSSR count). The average molecular weight is 424 g/mol. The van der Waals surface area contributed by atoms with Crippen molar-refractivity contribution in [1.82, 2.24) is 0 Å². The molecule has 0 amide bonds. The average Bonchev–Trinajstić information content (AvgIpc) is 2.69. The van der Waals surface area contributed by atoms with Gasteiger partial charge in [-0.3, -0.25) is 0 Å². The van der Waals surface area contributed by atoms with Gasteiger partial charge in [0.25, 0.3) is 0 Å². The van der Waals surface area contributed by atoms with Crippen molar-refractivity contribution in [3.8, 4) is 11.5 Å². The van der Waals surface area contributed by atoms with Crippen molar-refractivity contribution in [3.63, 3.8) is 0 Å². The van der Waals surface area contributed by atoms with Crippen LogP contribution < -0.4 is 14.8 Å². The summed E-state index contributed by atoms with van der Waals surface area (Å²) in [6.45, 7) is 4.56. The fourth-order valence-electron chi connectivity index (χ4n) is 2.80. The third-order valence-corrected chi connectivity index (χ3v) is 4.95. The Kier molecular flexibility index (Phi) is 11.0. The van der Waals surface area contributed by atoms with E-state index in [0.717, 1.165) is 43.9 Å². The number of halogens is 2. The summed E-state index contributed by atoms with van der Waals surface area (Å²) < 4.78 is 11.5. The summed E-state index contributed by atoms with van der Waals surface area (Å²) in [6.07, 6.45) is 8.25. The van der Waals surface area contributed by atoms with Crippen LogP contribution in [0.25, 0.3) is 0 Å². The second-order valence-corrected chi connectivity index (χ2v) is 7.69. The van der Waals surface area contributed by atoms with Gasteiger partial charge in [0.2, 0.25) is 0 Å². The number of hydrogen-bond acceptors (Lipinski definition) is 3. The maximum Gasteiger partial charge on any atom is 0.137 e. The second kappa shape index (κ2) is 13.6. The van der Waals surface area contributed by atoms with Gasteiger partial charge in [0.1, 0.15) is 11.5 Å². The van der Waals surface area contributed by atoms with Crippen LogP contribution in [-0.2, 0) is 0 Å². The molecule has 0 aliphatic carbocycles. The zero-order valence-electron chi connectivity index (χ0n) is 16.7. The zero-order chi connectivity index (χ0) is 20.0. The molecular formula is C23H31Cl2NO2. The predicted molar refractivity (Wildman–Crippen MR) is 120 cm³/mol. The lowest BCUT2D eigenvalue weighted by Crippen LogP contribution is -2.05. The van der Waals surface area contributed by atoms with Gasteiger partial charge in [-0.1, -0.05) is 55.8 Å². The Hall–Kier alpha value is -1.58. The van der Waals surface area contributed by atoms with Gasteiger partial charge in [0, 0.05) is 17.3 Å². The van der Waals surface area contributed by atoms with E-state index >= 15 is 0 Å². The molecule has 0 aliphatic heterocycles. The Morgan fingerprint density at radius 1 is 0.786 bits per heavy atom. The Morgan fingerprint density at radius 2 is 1.50 bits per heavy atom. The number of rotatable bonds is 14. The smallest absolute Gasteiger partial charge is 0.137 e. The third kappa shape index (κ3) is 9.07. The van der Waals surface area contributed by atoms with Crippen LogP contribution in [0, 0.1) is 0 Å². The number of nitrogens with one attached hydrogen (secondary N) is 1. The number of anilines is 1. The Bertz CT molecular complexity index is 677. The first-order chi connectivity index (χ1) is 13.7. The van der Waals surface area contributed by atoms with Crippen LogP contribution in [0.4, 0.5) is 5.69 Å². The lowest BCUT2D eigenvalue weighted by atomic mass is 10.2. The summed E-state index contributed by atoms with van der Waals surface area (Å²) in [5.74, 6) is 1.62. The lowest BCUT2D eigenvalue weighted by Gasteiger charge is -2.10. The maximum atomic E-state index is 6.09. The molecule has 0 saturated carbocycles. The van der Waals surface area contributed by atoms with Gasteiger partial charge in [-0.25, -0.2) is 0 Å². The summed E-state index contributed by atoms with van der Waals surface area (Å²) in [4.78, 5) is 0. The van der Waals surface area contributed by atoms with Crippen LogP contribution in [0.5, 0.6) is 11.5 Å². The van der Waals surface area contributed by atoms with Crippen molar-refractivity contribution in [2.45, 2.75) is 51.9 Å². The molecule has 2 aromatic carbocycles. The van der Waals surface area contributed by atoms with Crippen molar-refractivity contribution in [1.29, 1.82) is 0 Å². The maximum absolute atomic E-state index is 6.09. The lowest BCUT2D eigenvalue weighted by molar-refractivity contribution is 0.304. The minimum atomic E-state index is 0.550. The summed E-state index contributed by atoms with van der Waals surface area (Å²) in [6, 6.07) is 13.5. The Balaban J connectivity index is 1.54. The van der Waals surface area contributed by atoms with Crippen molar-refractivity contribution >= 4 is 28.9 Å². The quantitative estimate of drug-likeness (QED) is 0.317. The number of unbranched alkanes of at least 4 members (excludes halogenated alkanes) is 5. The molecule has 3 nitrogen and oxygen atoms in total. The van der Waals surface area contributed by atoms with Crippen LogP contribution in [0.2, 0.25) is 10.0 Å². The molecule has 0 atom stereocenters. The van der Waals surface area contributed by atoms with Crippen LogP contribution in [0.15, 0.2) is 42.5 Å². The molecular weight excluding hydrogens is 393 g/mol. The van der Waals surface area contributed by atoms with E-state index in [4.69, 9.17) is 32.7 Å². The van der Waals surface area contributed by atoms with E-state index < -0.39 is 0 Å². The molecule has 28 heavy (non-hydrogen) atoms. The van der Waals surface area contributed by atoms with Gasteiger partial charge < -0.3 is 14.8 Å². The van der Waals surface area contributed by atoms with Crippen molar-refractivity contribution in [2.75, 3.05) is 25.1 Å². The second-order valence-electron chi connectivity index (χ2n) is 6.84. The zero-order valence-corrected chi connectivity index (χ0v) is 18.2. The molecule has 2 aromatic rings. The minimum Gasteiger partial charge on any atom is -0.494 e. The highest BCUT2D eigenvalue weighted by atomic mass is 35.5. The topological polar surface area (TPSA) is 30.5 Å². The van der Waals surface area contributed by atoms with Gasteiger partial charge in [0.15, 0.2) is 0 Å². The first-order valence-corrected chi connectivity index (χ1v) is 11.0. The molecule has 0 spiro atoms. The van der Waals surface area contributed by atoms with E-state index in [1.807, 2.05) is 12.1 Å². The standard InChI is InChI=1S/C23H31Cl2NO2/c1-2-3-4-5-7-16-27-21-12-10-20(11-13-21)26-15-6-8-17-28-23-14-9-19(24)18-22(23)25/h9-14,18,26H,2-8,15-17H2,1H3. The number of benzene rings is 2. The number of hydrogen-bond donors (Lipinski definition) is 1. The molecule has 0 fully saturated rings. The van der Waals surface area contributed by atoms with Crippen molar-refractivity contribution < 1.29 is 9.47 Å². The molecule has 1 N–H and O–H groups in total. The monoisotopic (exact) mass is 423 g/mol. The van der Waals surface area contributed by atoms with Gasteiger partial charge >= 0.3 is 0 Å².